The van der Waals surface area contributed by atoms with E-state index in [4.69, 9.17) is 0 Å². The van der Waals surface area contributed by atoms with Crippen molar-refractivity contribution < 1.29 is 9.90 Å². The van der Waals surface area contributed by atoms with Crippen molar-refractivity contribution in [1.82, 2.24) is 10.2 Å². The Balaban J connectivity index is 1.86. The first-order valence-electron chi connectivity index (χ1n) is 6.66. The number of hydrogen-bond donors (Lipinski definition) is 2. The van der Waals surface area contributed by atoms with Crippen LogP contribution in [0.4, 0.5) is 0 Å². The van der Waals surface area contributed by atoms with E-state index in [2.05, 4.69) is 11.4 Å². The standard InChI is InChI=1S/C13H21N3O2/c1-13(9-14,10-4-5-10)15-12(18)7-16-6-2-3-11(16)8-17/h10-11,17H,2-8H2,1H3,(H,15,18)/t11-,13?/m0/s1. The van der Waals surface area contributed by atoms with E-state index in [-0.39, 0.29) is 25.1 Å². The number of likely N-dealkylation sites (tertiary alicyclic amines) is 1. The Morgan fingerprint density at radius 2 is 2.28 bits per heavy atom. The smallest absolute Gasteiger partial charge is 0.235 e. The number of aliphatic hydroxyl groups is 1. The normalized spacial score (nSPS) is 27.5. The Morgan fingerprint density at radius 1 is 1.56 bits per heavy atom. The summed E-state index contributed by atoms with van der Waals surface area (Å²) in [4.78, 5) is 14.0. The van der Waals surface area contributed by atoms with Gasteiger partial charge in [0.1, 0.15) is 5.54 Å². The van der Waals surface area contributed by atoms with Crippen LogP contribution >= 0.6 is 0 Å². The molecule has 1 heterocycles. The van der Waals surface area contributed by atoms with Gasteiger partial charge in [-0.3, -0.25) is 9.69 Å². The zero-order valence-electron chi connectivity index (χ0n) is 10.9. The molecule has 5 heteroatoms. The quantitative estimate of drug-likeness (QED) is 0.734. The van der Waals surface area contributed by atoms with Gasteiger partial charge in [-0.2, -0.15) is 5.26 Å². The van der Waals surface area contributed by atoms with Crippen molar-refractivity contribution in [3.63, 3.8) is 0 Å². The van der Waals surface area contributed by atoms with E-state index in [1.54, 1.807) is 6.92 Å². The summed E-state index contributed by atoms with van der Waals surface area (Å²) < 4.78 is 0. The average Bonchev–Trinajstić information content (AvgIpc) is 3.11. The topological polar surface area (TPSA) is 76.4 Å². The third-order valence-electron chi connectivity index (χ3n) is 4.08. The van der Waals surface area contributed by atoms with Gasteiger partial charge in [0.25, 0.3) is 0 Å². The fraction of sp³-hybridized carbons (Fsp3) is 0.846. The molecule has 1 aliphatic carbocycles. The molecule has 1 amide bonds. The second-order valence-electron chi connectivity index (χ2n) is 5.59. The van der Waals surface area contributed by atoms with Crippen LogP contribution in [0.3, 0.4) is 0 Å². The van der Waals surface area contributed by atoms with Crippen LogP contribution in [0.25, 0.3) is 0 Å². The summed E-state index contributed by atoms with van der Waals surface area (Å²) in [6.45, 7) is 3.04. The van der Waals surface area contributed by atoms with Gasteiger partial charge >= 0.3 is 0 Å². The molecule has 0 aromatic heterocycles. The second kappa shape index (κ2) is 5.25. The van der Waals surface area contributed by atoms with Crippen LogP contribution in [-0.4, -0.2) is 47.2 Å². The predicted octanol–water partition coefficient (Wildman–Crippen LogP) is 0.252. The van der Waals surface area contributed by atoms with Gasteiger partial charge in [-0.15, -0.1) is 0 Å². The van der Waals surface area contributed by atoms with Crippen molar-refractivity contribution in [2.45, 2.75) is 44.2 Å². The number of hydrogen-bond acceptors (Lipinski definition) is 4. The number of aliphatic hydroxyl groups excluding tert-OH is 1. The molecule has 2 fully saturated rings. The maximum atomic E-state index is 12.0. The molecule has 5 nitrogen and oxygen atoms in total. The van der Waals surface area contributed by atoms with Gasteiger partial charge in [0.2, 0.25) is 5.91 Å². The molecule has 2 aliphatic rings. The van der Waals surface area contributed by atoms with Crippen molar-refractivity contribution in [3.8, 4) is 6.07 Å². The maximum Gasteiger partial charge on any atom is 0.235 e. The largest absolute Gasteiger partial charge is 0.395 e. The molecule has 100 valence electrons. The number of amides is 1. The lowest BCUT2D eigenvalue weighted by molar-refractivity contribution is -0.124. The van der Waals surface area contributed by atoms with Crippen molar-refractivity contribution in [2.75, 3.05) is 19.7 Å². The summed E-state index contributed by atoms with van der Waals surface area (Å²) in [6, 6.07) is 2.32. The van der Waals surface area contributed by atoms with Crippen LogP contribution < -0.4 is 5.32 Å². The zero-order chi connectivity index (χ0) is 13.2. The third kappa shape index (κ3) is 2.82. The Morgan fingerprint density at radius 3 is 2.83 bits per heavy atom. The van der Waals surface area contributed by atoms with Crippen molar-refractivity contribution in [2.24, 2.45) is 5.92 Å². The SMILES string of the molecule is CC(C#N)(NC(=O)CN1CCC[C@H]1CO)C1CC1. The van der Waals surface area contributed by atoms with Crippen molar-refractivity contribution in [3.05, 3.63) is 0 Å². The second-order valence-corrected chi connectivity index (χ2v) is 5.59. The summed E-state index contributed by atoms with van der Waals surface area (Å²) >= 11 is 0. The maximum absolute atomic E-state index is 12.0. The first-order valence-corrected chi connectivity index (χ1v) is 6.66. The monoisotopic (exact) mass is 251 g/mol. The van der Waals surface area contributed by atoms with Crippen molar-refractivity contribution >= 4 is 5.91 Å². The van der Waals surface area contributed by atoms with Crippen LogP contribution in [0.1, 0.15) is 32.6 Å². The van der Waals surface area contributed by atoms with Gasteiger partial charge in [0.05, 0.1) is 19.2 Å². The lowest BCUT2D eigenvalue weighted by Gasteiger charge is -2.26. The fourth-order valence-electron chi connectivity index (χ4n) is 2.71. The van der Waals surface area contributed by atoms with E-state index >= 15 is 0 Å². The highest BCUT2D eigenvalue weighted by Crippen LogP contribution is 2.39. The van der Waals surface area contributed by atoms with Crippen LogP contribution in [0.5, 0.6) is 0 Å². The fourth-order valence-corrected chi connectivity index (χ4v) is 2.71. The number of carbonyl (C=O) groups is 1. The first-order chi connectivity index (χ1) is 8.59. The summed E-state index contributed by atoms with van der Waals surface area (Å²) in [5.41, 5.74) is -0.717. The molecule has 2 N–H and O–H groups in total. The summed E-state index contributed by atoms with van der Waals surface area (Å²) in [5.74, 6) is 0.199. The minimum atomic E-state index is -0.717. The number of nitrogens with one attached hydrogen (secondary N) is 1. The number of nitrogens with zero attached hydrogens (tertiary/aromatic N) is 2. The highest BCUT2D eigenvalue weighted by molar-refractivity contribution is 5.79. The highest BCUT2D eigenvalue weighted by atomic mass is 16.3. The van der Waals surface area contributed by atoms with Crippen LogP contribution in [0, 0.1) is 17.2 Å². The summed E-state index contributed by atoms with van der Waals surface area (Å²) in [6.07, 6.45) is 4.01. The molecule has 0 aromatic rings. The Hall–Kier alpha value is -1.12. The van der Waals surface area contributed by atoms with E-state index in [1.165, 1.54) is 0 Å². The van der Waals surface area contributed by atoms with Crippen LogP contribution in [0.2, 0.25) is 0 Å². The Kier molecular flexibility index (Phi) is 3.88. The van der Waals surface area contributed by atoms with Gasteiger partial charge in [-0.05, 0) is 45.1 Å². The number of nitriles is 1. The first kappa shape index (κ1) is 13.3. The van der Waals surface area contributed by atoms with E-state index in [9.17, 15) is 15.2 Å². The molecule has 0 radical (unpaired) electrons. The predicted molar refractivity (Wildman–Crippen MR) is 66.6 cm³/mol. The average molecular weight is 251 g/mol. The Labute approximate surface area is 108 Å². The van der Waals surface area contributed by atoms with Crippen LogP contribution in [-0.2, 0) is 4.79 Å². The molecule has 1 saturated heterocycles. The molecule has 0 spiro atoms. The molecule has 0 bridgehead atoms. The molecular formula is C13H21N3O2. The minimum Gasteiger partial charge on any atom is -0.395 e. The van der Waals surface area contributed by atoms with Crippen molar-refractivity contribution in [1.29, 1.82) is 5.26 Å². The van der Waals surface area contributed by atoms with Crippen LogP contribution in [0.15, 0.2) is 0 Å². The van der Waals surface area contributed by atoms with E-state index in [0.29, 0.717) is 5.92 Å². The van der Waals surface area contributed by atoms with Gasteiger partial charge in [0, 0.05) is 6.04 Å². The zero-order valence-corrected chi connectivity index (χ0v) is 10.9. The Bertz CT molecular complexity index is 362. The van der Waals surface area contributed by atoms with E-state index in [1.807, 2.05) is 4.90 Å². The van der Waals surface area contributed by atoms with Gasteiger partial charge in [-0.25, -0.2) is 0 Å². The molecule has 1 unspecified atom stereocenters. The molecular weight excluding hydrogens is 230 g/mol. The van der Waals surface area contributed by atoms with E-state index in [0.717, 1.165) is 32.2 Å². The molecule has 2 atom stereocenters. The minimum absolute atomic E-state index is 0.102. The molecule has 1 aliphatic heterocycles. The number of rotatable bonds is 5. The summed E-state index contributed by atoms with van der Waals surface area (Å²) in [5, 5.41) is 21.2. The van der Waals surface area contributed by atoms with Gasteiger partial charge < -0.3 is 10.4 Å². The lowest BCUT2D eigenvalue weighted by atomic mass is 9.98. The molecule has 2 rings (SSSR count). The third-order valence-corrected chi connectivity index (χ3v) is 4.08. The van der Waals surface area contributed by atoms with Gasteiger partial charge in [-0.1, -0.05) is 0 Å². The lowest BCUT2D eigenvalue weighted by Crippen LogP contribution is -2.51. The van der Waals surface area contributed by atoms with E-state index < -0.39 is 5.54 Å². The highest BCUT2D eigenvalue weighted by Gasteiger charge is 2.43. The summed E-state index contributed by atoms with van der Waals surface area (Å²) in [7, 11) is 0. The molecule has 1 saturated carbocycles. The number of carbonyl (C=O) groups excluding carboxylic acids is 1. The molecule has 18 heavy (non-hydrogen) atoms. The van der Waals surface area contributed by atoms with Gasteiger partial charge in [0.15, 0.2) is 0 Å². The molecule has 0 aromatic carbocycles.